The van der Waals surface area contributed by atoms with Gasteiger partial charge >= 0.3 is 5.97 Å². The highest BCUT2D eigenvalue weighted by molar-refractivity contribution is 7.15. The molecule has 0 unspecified atom stereocenters. The van der Waals surface area contributed by atoms with Gasteiger partial charge in [0.2, 0.25) is 0 Å². The molecule has 1 N–H and O–H groups in total. The fraction of sp³-hybridized carbons (Fsp3) is 0. The number of fused-ring (bicyclic) bond motifs is 2. The van der Waals surface area contributed by atoms with Gasteiger partial charge in [0.05, 0.1) is 11.7 Å². The van der Waals surface area contributed by atoms with E-state index < -0.39 is 5.97 Å². The molecular formula is C13H8N4O2S. The van der Waals surface area contributed by atoms with Gasteiger partial charge < -0.3 is 5.11 Å². The van der Waals surface area contributed by atoms with Crippen LogP contribution in [0.15, 0.2) is 42.0 Å². The van der Waals surface area contributed by atoms with E-state index in [1.807, 2.05) is 24.3 Å². The summed E-state index contributed by atoms with van der Waals surface area (Å²) in [5.41, 5.74) is 0.954. The molecule has 0 aliphatic rings. The molecule has 0 spiro atoms. The van der Waals surface area contributed by atoms with E-state index in [0.29, 0.717) is 10.8 Å². The lowest BCUT2D eigenvalue weighted by Gasteiger charge is -2.01. The maximum atomic E-state index is 11.5. The predicted molar refractivity (Wildman–Crippen MR) is 74.7 cm³/mol. The minimum atomic E-state index is -1.02. The van der Waals surface area contributed by atoms with Crippen molar-refractivity contribution in [2.24, 2.45) is 0 Å². The molecule has 98 valence electrons. The number of carboxylic acids is 1. The topological polar surface area (TPSA) is 72.4 Å². The number of carboxylic acid groups (broad SMARTS) is 1. The average Bonchev–Trinajstić information content (AvgIpc) is 3.10. The van der Waals surface area contributed by atoms with E-state index >= 15 is 0 Å². The lowest BCUT2D eigenvalue weighted by atomic mass is 10.2. The van der Waals surface area contributed by atoms with Gasteiger partial charge in [-0.15, -0.1) is 11.3 Å². The van der Waals surface area contributed by atoms with Crippen molar-refractivity contribution in [3.05, 3.63) is 47.7 Å². The highest BCUT2D eigenvalue weighted by atomic mass is 32.1. The van der Waals surface area contributed by atoms with Gasteiger partial charge in [0.1, 0.15) is 0 Å². The van der Waals surface area contributed by atoms with Gasteiger partial charge in [-0.05, 0) is 6.07 Å². The number of aromatic nitrogens is 4. The van der Waals surface area contributed by atoms with Crippen molar-refractivity contribution in [2.45, 2.75) is 0 Å². The highest BCUT2D eigenvalue weighted by Crippen LogP contribution is 2.23. The smallest absolute Gasteiger partial charge is 0.356 e. The normalized spacial score (nSPS) is 11.4. The number of para-hydroxylation sites is 1. The van der Waals surface area contributed by atoms with Gasteiger partial charge in [-0.25, -0.2) is 9.48 Å². The molecule has 7 heteroatoms. The van der Waals surface area contributed by atoms with Gasteiger partial charge in [0.15, 0.2) is 16.5 Å². The Hall–Kier alpha value is -2.67. The molecule has 0 fully saturated rings. The minimum absolute atomic E-state index is 0.120. The largest absolute Gasteiger partial charge is 0.476 e. The third-order valence-electron chi connectivity index (χ3n) is 3.12. The van der Waals surface area contributed by atoms with E-state index in [0.717, 1.165) is 10.9 Å². The van der Waals surface area contributed by atoms with E-state index in [9.17, 15) is 9.90 Å². The van der Waals surface area contributed by atoms with Crippen molar-refractivity contribution in [3.63, 3.8) is 0 Å². The molecular weight excluding hydrogens is 276 g/mol. The second-order valence-electron chi connectivity index (χ2n) is 4.26. The van der Waals surface area contributed by atoms with Crippen LogP contribution >= 0.6 is 11.3 Å². The summed E-state index contributed by atoms with van der Waals surface area (Å²) in [5.74, 6) is -0.684. The second-order valence-corrected chi connectivity index (χ2v) is 5.13. The predicted octanol–water partition coefficient (Wildman–Crippen LogP) is 2.43. The molecule has 20 heavy (non-hydrogen) atoms. The van der Waals surface area contributed by atoms with Crippen LogP contribution in [0, 0.1) is 0 Å². The minimum Gasteiger partial charge on any atom is -0.476 e. The number of thiazole rings is 1. The van der Waals surface area contributed by atoms with Gasteiger partial charge in [-0.3, -0.25) is 4.40 Å². The maximum Gasteiger partial charge on any atom is 0.356 e. The van der Waals surface area contributed by atoms with Gasteiger partial charge in [0.25, 0.3) is 0 Å². The standard InChI is InChI=1S/C13H8N4O2S/c18-12(19)10-11(15-13-16(10)5-6-20-13)17-9-4-2-1-3-8(9)7-14-17/h1-7H,(H,18,19). The van der Waals surface area contributed by atoms with E-state index in [4.69, 9.17) is 0 Å². The van der Waals surface area contributed by atoms with Crippen LogP contribution in [0.3, 0.4) is 0 Å². The van der Waals surface area contributed by atoms with Crippen LogP contribution in [0.5, 0.6) is 0 Å². The van der Waals surface area contributed by atoms with Crippen molar-refractivity contribution in [3.8, 4) is 5.82 Å². The molecule has 0 bridgehead atoms. The summed E-state index contributed by atoms with van der Waals surface area (Å²) in [7, 11) is 0. The number of hydrogen-bond donors (Lipinski definition) is 1. The Morgan fingerprint density at radius 3 is 3.00 bits per heavy atom. The zero-order valence-corrected chi connectivity index (χ0v) is 10.9. The van der Waals surface area contributed by atoms with E-state index in [2.05, 4.69) is 10.1 Å². The van der Waals surface area contributed by atoms with Gasteiger partial charge in [0, 0.05) is 17.0 Å². The molecule has 4 rings (SSSR count). The monoisotopic (exact) mass is 284 g/mol. The lowest BCUT2D eigenvalue weighted by Crippen LogP contribution is -2.08. The van der Waals surface area contributed by atoms with Crippen molar-refractivity contribution in [1.82, 2.24) is 19.2 Å². The summed E-state index contributed by atoms with van der Waals surface area (Å²) in [4.78, 5) is 16.6. The number of rotatable bonds is 2. The first-order chi connectivity index (χ1) is 9.75. The van der Waals surface area contributed by atoms with Crippen LogP contribution in [-0.4, -0.2) is 30.2 Å². The second kappa shape index (κ2) is 3.91. The van der Waals surface area contributed by atoms with Crippen molar-refractivity contribution in [2.75, 3.05) is 0 Å². The van der Waals surface area contributed by atoms with Crippen LogP contribution in [0.25, 0.3) is 21.7 Å². The first-order valence-corrected chi connectivity index (χ1v) is 6.75. The summed E-state index contributed by atoms with van der Waals surface area (Å²) in [6.45, 7) is 0. The number of hydrogen-bond acceptors (Lipinski definition) is 4. The van der Waals surface area contributed by atoms with E-state index in [1.54, 1.807) is 26.9 Å². The molecule has 0 radical (unpaired) electrons. The van der Waals surface area contributed by atoms with Crippen molar-refractivity contribution >= 4 is 33.2 Å². The first kappa shape index (κ1) is 11.2. The van der Waals surface area contributed by atoms with Gasteiger partial charge in [-0.2, -0.15) is 10.1 Å². The Morgan fingerprint density at radius 1 is 1.30 bits per heavy atom. The molecule has 4 aromatic rings. The van der Waals surface area contributed by atoms with Crippen molar-refractivity contribution in [1.29, 1.82) is 0 Å². The van der Waals surface area contributed by atoms with Crippen LogP contribution in [0.1, 0.15) is 10.5 Å². The summed E-state index contributed by atoms with van der Waals surface area (Å²) in [6.07, 6.45) is 3.40. The average molecular weight is 284 g/mol. The fourth-order valence-corrected chi connectivity index (χ4v) is 2.97. The number of carbonyl (C=O) groups is 1. The number of nitrogens with zero attached hydrogens (tertiary/aromatic N) is 4. The quantitative estimate of drug-likeness (QED) is 0.613. The van der Waals surface area contributed by atoms with E-state index in [1.165, 1.54) is 11.3 Å². The molecule has 6 nitrogen and oxygen atoms in total. The summed E-state index contributed by atoms with van der Waals surface area (Å²) in [5, 5.41) is 16.5. The molecule has 0 atom stereocenters. The Kier molecular flexibility index (Phi) is 2.19. The molecule has 3 heterocycles. The van der Waals surface area contributed by atoms with Crippen molar-refractivity contribution < 1.29 is 9.90 Å². The molecule has 0 saturated heterocycles. The SMILES string of the molecule is O=C(O)c1c(-n2ncc3ccccc32)nc2sccn12. The van der Waals surface area contributed by atoms with Crippen LogP contribution in [-0.2, 0) is 0 Å². The first-order valence-electron chi connectivity index (χ1n) is 5.87. The molecule has 0 amide bonds. The molecule has 0 saturated carbocycles. The number of imidazole rings is 1. The fourth-order valence-electron chi connectivity index (χ4n) is 2.26. The zero-order valence-electron chi connectivity index (χ0n) is 10.1. The summed E-state index contributed by atoms with van der Waals surface area (Å²) in [6, 6.07) is 7.62. The molecule has 0 aliphatic heterocycles. The Balaban J connectivity index is 2.09. The zero-order chi connectivity index (χ0) is 13.7. The Bertz CT molecular complexity index is 950. The molecule has 1 aromatic carbocycles. The molecule has 3 aromatic heterocycles. The maximum absolute atomic E-state index is 11.5. The Labute approximate surface area is 116 Å². The number of aromatic carboxylic acids is 1. The molecule has 0 aliphatic carbocycles. The Morgan fingerprint density at radius 2 is 2.15 bits per heavy atom. The van der Waals surface area contributed by atoms with Gasteiger partial charge in [-0.1, -0.05) is 18.2 Å². The van der Waals surface area contributed by atoms with E-state index in [-0.39, 0.29) is 5.69 Å². The summed E-state index contributed by atoms with van der Waals surface area (Å²) >= 11 is 1.39. The number of benzene rings is 1. The highest BCUT2D eigenvalue weighted by Gasteiger charge is 2.22. The third kappa shape index (κ3) is 1.41. The van der Waals surface area contributed by atoms with Crippen LogP contribution in [0.2, 0.25) is 0 Å². The third-order valence-corrected chi connectivity index (χ3v) is 3.88. The lowest BCUT2D eigenvalue weighted by molar-refractivity contribution is 0.0689. The van der Waals surface area contributed by atoms with Crippen LogP contribution < -0.4 is 0 Å². The van der Waals surface area contributed by atoms with Crippen LogP contribution in [0.4, 0.5) is 0 Å². The summed E-state index contributed by atoms with van der Waals surface area (Å²) < 4.78 is 3.14.